The van der Waals surface area contributed by atoms with Gasteiger partial charge in [-0.2, -0.15) is 0 Å². The van der Waals surface area contributed by atoms with Gasteiger partial charge in [0.1, 0.15) is 6.10 Å². The summed E-state index contributed by atoms with van der Waals surface area (Å²) in [6.45, 7) is 5.61. The minimum Gasteiger partial charge on any atom is -0.393 e. The maximum absolute atomic E-state index is 9.73. The molecule has 106 valence electrons. The number of rotatable bonds is 9. The van der Waals surface area contributed by atoms with Crippen LogP contribution in [0.25, 0.3) is 0 Å². The summed E-state index contributed by atoms with van der Waals surface area (Å²) in [6, 6.07) is 0. The van der Waals surface area contributed by atoms with Crippen LogP contribution in [-0.4, -0.2) is 22.4 Å². The second kappa shape index (κ2) is 13.2. The standard InChI is InChI=1S/C17H26O2/c1-3-5-6-7-11-14-17(19)15-12-9-8-10-13-16(18)4-2/h4,16-19H,2-3,5-7,11-12,14-15H2,1H3/t16-,17+/m0/s1. The molecule has 0 bridgehead atoms. The highest BCUT2D eigenvalue weighted by Gasteiger charge is 2.01. The van der Waals surface area contributed by atoms with Gasteiger partial charge in [0, 0.05) is 6.42 Å². The fraction of sp³-hybridized carbons (Fsp3) is 0.647. The van der Waals surface area contributed by atoms with Crippen LogP contribution in [-0.2, 0) is 0 Å². The molecule has 0 fully saturated rings. The first-order valence-electron chi connectivity index (χ1n) is 7.17. The summed E-state index contributed by atoms with van der Waals surface area (Å²) in [5.74, 6) is 10.6. The van der Waals surface area contributed by atoms with Gasteiger partial charge in [0.05, 0.1) is 6.10 Å². The second-order valence-electron chi connectivity index (χ2n) is 4.65. The molecule has 0 rings (SSSR count). The average Bonchev–Trinajstić information content (AvgIpc) is 2.42. The van der Waals surface area contributed by atoms with Crippen LogP contribution in [0.15, 0.2) is 12.7 Å². The molecular formula is C17H26O2. The van der Waals surface area contributed by atoms with Crippen LogP contribution in [0.1, 0.15) is 58.3 Å². The van der Waals surface area contributed by atoms with Gasteiger partial charge in [0.25, 0.3) is 0 Å². The van der Waals surface area contributed by atoms with Gasteiger partial charge >= 0.3 is 0 Å². The maximum Gasteiger partial charge on any atom is 0.134 e. The minimum absolute atomic E-state index is 0.248. The Morgan fingerprint density at radius 2 is 1.79 bits per heavy atom. The molecule has 2 nitrogen and oxygen atoms in total. The van der Waals surface area contributed by atoms with Crippen molar-refractivity contribution in [2.75, 3.05) is 0 Å². The molecule has 0 unspecified atom stereocenters. The molecule has 0 aromatic carbocycles. The van der Waals surface area contributed by atoms with E-state index in [-0.39, 0.29) is 6.10 Å². The van der Waals surface area contributed by atoms with Crippen molar-refractivity contribution in [3.63, 3.8) is 0 Å². The molecule has 0 aromatic heterocycles. The van der Waals surface area contributed by atoms with Crippen molar-refractivity contribution < 1.29 is 10.2 Å². The summed E-state index contributed by atoms with van der Waals surface area (Å²) >= 11 is 0. The fourth-order valence-electron chi connectivity index (χ4n) is 1.64. The van der Waals surface area contributed by atoms with E-state index in [9.17, 15) is 5.11 Å². The van der Waals surface area contributed by atoms with E-state index in [4.69, 9.17) is 5.11 Å². The molecule has 2 atom stereocenters. The Morgan fingerprint density at radius 3 is 2.47 bits per heavy atom. The normalized spacial score (nSPS) is 12.6. The van der Waals surface area contributed by atoms with Crippen LogP contribution in [0, 0.1) is 23.7 Å². The summed E-state index contributed by atoms with van der Waals surface area (Å²) in [5, 5.41) is 18.8. The Hall–Kier alpha value is -1.22. The molecule has 0 saturated carbocycles. The van der Waals surface area contributed by atoms with Gasteiger partial charge in [-0.05, 0) is 24.7 Å². The first-order valence-corrected chi connectivity index (χ1v) is 7.17. The van der Waals surface area contributed by atoms with E-state index in [0.29, 0.717) is 12.8 Å². The topological polar surface area (TPSA) is 40.5 Å². The van der Waals surface area contributed by atoms with Crippen LogP contribution < -0.4 is 0 Å². The summed E-state index contributed by atoms with van der Waals surface area (Å²) in [6.07, 6.45) is 8.64. The van der Waals surface area contributed by atoms with E-state index in [1.54, 1.807) is 0 Å². The quantitative estimate of drug-likeness (QED) is 0.381. The summed E-state index contributed by atoms with van der Waals surface area (Å²) in [5.41, 5.74) is 0. The van der Waals surface area contributed by atoms with Gasteiger partial charge in [0.15, 0.2) is 0 Å². The Morgan fingerprint density at radius 1 is 1.05 bits per heavy atom. The first-order chi connectivity index (χ1) is 9.20. The minimum atomic E-state index is -0.803. The Balaban J connectivity index is 3.56. The van der Waals surface area contributed by atoms with Gasteiger partial charge in [-0.25, -0.2) is 0 Å². The largest absolute Gasteiger partial charge is 0.393 e. The molecule has 0 radical (unpaired) electrons. The van der Waals surface area contributed by atoms with E-state index in [0.717, 1.165) is 12.8 Å². The molecule has 0 saturated heterocycles. The molecule has 0 aliphatic heterocycles. The van der Waals surface area contributed by atoms with Crippen molar-refractivity contribution in [2.24, 2.45) is 0 Å². The second-order valence-corrected chi connectivity index (χ2v) is 4.65. The summed E-state index contributed by atoms with van der Waals surface area (Å²) in [4.78, 5) is 0. The van der Waals surface area contributed by atoms with Gasteiger partial charge < -0.3 is 10.2 Å². The predicted molar refractivity (Wildman–Crippen MR) is 80.4 cm³/mol. The Kier molecular flexibility index (Phi) is 12.4. The van der Waals surface area contributed by atoms with Gasteiger partial charge in [-0.15, -0.1) is 0 Å². The van der Waals surface area contributed by atoms with Crippen LogP contribution in [0.3, 0.4) is 0 Å². The van der Waals surface area contributed by atoms with Crippen molar-refractivity contribution in [2.45, 2.75) is 70.5 Å². The molecule has 0 amide bonds. The molecule has 0 spiro atoms. The molecule has 0 heterocycles. The summed E-state index contributed by atoms with van der Waals surface area (Å²) in [7, 11) is 0. The van der Waals surface area contributed by atoms with Gasteiger partial charge in [-0.3, -0.25) is 0 Å². The van der Waals surface area contributed by atoms with Gasteiger partial charge in [-0.1, -0.05) is 63.5 Å². The van der Waals surface area contributed by atoms with Crippen molar-refractivity contribution in [3.8, 4) is 23.7 Å². The monoisotopic (exact) mass is 262 g/mol. The van der Waals surface area contributed by atoms with Crippen LogP contribution in [0.4, 0.5) is 0 Å². The van der Waals surface area contributed by atoms with E-state index in [1.807, 2.05) is 0 Å². The van der Waals surface area contributed by atoms with Gasteiger partial charge in [0.2, 0.25) is 0 Å². The average molecular weight is 262 g/mol. The fourth-order valence-corrected chi connectivity index (χ4v) is 1.64. The van der Waals surface area contributed by atoms with Crippen molar-refractivity contribution in [1.29, 1.82) is 0 Å². The van der Waals surface area contributed by atoms with E-state index >= 15 is 0 Å². The molecule has 0 aromatic rings. The SMILES string of the molecule is C=C[C@H](O)C#CC#CCC[C@H](O)CCCCCCC. The van der Waals surface area contributed by atoms with Crippen LogP contribution in [0.5, 0.6) is 0 Å². The lowest BCUT2D eigenvalue weighted by Gasteiger charge is -2.07. The van der Waals surface area contributed by atoms with Crippen LogP contribution >= 0.6 is 0 Å². The van der Waals surface area contributed by atoms with E-state index < -0.39 is 6.10 Å². The van der Waals surface area contributed by atoms with Crippen molar-refractivity contribution in [1.82, 2.24) is 0 Å². The number of hydrogen-bond acceptors (Lipinski definition) is 2. The zero-order chi connectivity index (χ0) is 14.3. The Bertz CT molecular complexity index is 338. The summed E-state index contributed by atoms with van der Waals surface area (Å²) < 4.78 is 0. The number of hydrogen-bond donors (Lipinski definition) is 2. The molecule has 19 heavy (non-hydrogen) atoms. The highest BCUT2D eigenvalue weighted by molar-refractivity contribution is 5.28. The van der Waals surface area contributed by atoms with Crippen molar-refractivity contribution in [3.05, 3.63) is 12.7 Å². The molecule has 0 aliphatic rings. The molecule has 2 heteroatoms. The lowest BCUT2D eigenvalue weighted by molar-refractivity contribution is 0.152. The predicted octanol–water partition coefficient (Wildman–Crippen LogP) is 3.04. The number of aliphatic hydroxyl groups excluding tert-OH is 2. The number of unbranched alkanes of at least 4 members (excludes halogenated alkanes) is 4. The lowest BCUT2D eigenvalue weighted by atomic mass is 10.1. The molecular weight excluding hydrogens is 236 g/mol. The van der Waals surface area contributed by atoms with E-state index in [2.05, 4.69) is 37.2 Å². The number of aliphatic hydroxyl groups is 2. The third-order valence-corrected chi connectivity index (χ3v) is 2.84. The third kappa shape index (κ3) is 13.0. The van der Waals surface area contributed by atoms with Crippen molar-refractivity contribution >= 4 is 0 Å². The zero-order valence-electron chi connectivity index (χ0n) is 12.0. The smallest absolute Gasteiger partial charge is 0.134 e. The lowest BCUT2D eigenvalue weighted by Crippen LogP contribution is -2.05. The van der Waals surface area contributed by atoms with Crippen LogP contribution in [0.2, 0.25) is 0 Å². The molecule has 2 N–H and O–H groups in total. The zero-order valence-corrected chi connectivity index (χ0v) is 12.0. The third-order valence-electron chi connectivity index (χ3n) is 2.84. The highest BCUT2D eigenvalue weighted by Crippen LogP contribution is 2.09. The molecule has 0 aliphatic carbocycles. The first kappa shape index (κ1) is 17.8. The maximum atomic E-state index is 9.73. The Labute approximate surface area is 117 Å². The van der Waals surface area contributed by atoms with E-state index in [1.165, 1.54) is 31.8 Å². The highest BCUT2D eigenvalue weighted by atomic mass is 16.3.